The molecule has 0 spiro atoms. The second-order valence-electron chi connectivity index (χ2n) is 4.14. The number of hydrogen-bond acceptors (Lipinski definition) is 3. The van der Waals surface area contributed by atoms with Crippen LogP contribution in [0.2, 0.25) is 0 Å². The number of rotatable bonds is 3. The lowest BCUT2D eigenvalue weighted by Gasteiger charge is -2.09. The third-order valence-electron chi connectivity index (χ3n) is 2.86. The summed E-state index contributed by atoms with van der Waals surface area (Å²) in [7, 11) is 0. The monoisotopic (exact) mass is 334 g/mol. The average Bonchev–Trinajstić information content (AvgIpc) is 2.42. The molecule has 0 unspecified atom stereocenters. The number of carbonyl (C=O) groups is 1. The summed E-state index contributed by atoms with van der Waals surface area (Å²) in [4.78, 5) is 22.6. The molecule has 0 saturated heterocycles. The van der Waals surface area contributed by atoms with E-state index >= 15 is 0 Å². The van der Waals surface area contributed by atoms with Crippen LogP contribution in [0.5, 0.6) is 0 Å². The van der Waals surface area contributed by atoms with Gasteiger partial charge in [-0.2, -0.15) is 0 Å². The summed E-state index contributed by atoms with van der Waals surface area (Å²) in [5, 5.41) is 13.5. The average molecular weight is 335 g/mol. The Bertz CT molecular complexity index is 686. The molecule has 5 nitrogen and oxygen atoms in total. The molecular formula is C14H11BrN2O3. The molecule has 0 atom stereocenters. The quantitative estimate of drug-likeness (QED) is 0.683. The van der Waals surface area contributed by atoms with E-state index in [0.717, 1.165) is 10.0 Å². The van der Waals surface area contributed by atoms with Gasteiger partial charge >= 0.3 is 0 Å². The van der Waals surface area contributed by atoms with Crippen LogP contribution in [-0.4, -0.2) is 10.8 Å². The number of amides is 1. The highest BCUT2D eigenvalue weighted by Crippen LogP contribution is 2.25. The van der Waals surface area contributed by atoms with Crippen LogP contribution in [0.3, 0.4) is 0 Å². The highest BCUT2D eigenvalue weighted by atomic mass is 79.9. The van der Waals surface area contributed by atoms with E-state index in [9.17, 15) is 14.9 Å². The molecule has 0 aliphatic carbocycles. The van der Waals surface area contributed by atoms with Crippen molar-refractivity contribution < 1.29 is 9.72 Å². The summed E-state index contributed by atoms with van der Waals surface area (Å²) in [5.74, 6) is -0.377. The van der Waals surface area contributed by atoms with Gasteiger partial charge in [0.1, 0.15) is 5.69 Å². The Morgan fingerprint density at radius 3 is 2.60 bits per heavy atom. The Balaban J connectivity index is 2.33. The van der Waals surface area contributed by atoms with E-state index in [1.807, 2.05) is 6.07 Å². The fraction of sp³-hybridized carbons (Fsp3) is 0.0714. The zero-order valence-corrected chi connectivity index (χ0v) is 12.2. The minimum absolute atomic E-state index is 0.131. The van der Waals surface area contributed by atoms with Crippen LogP contribution in [0, 0.1) is 17.0 Å². The number of nitrogens with zero attached hydrogens (tertiary/aromatic N) is 1. The number of hydrogen-bond donors (Lipinski definition) is 1. The summed E-state index contributed by atoms with van der Waals surface area (Å²) >= 11 is 3.35. The lowest BCUT2D eigenvalue weighted by atomic mass is 10.1. The summed E-state index contributed by atoms with van der Waals surface area (Å²) in [6.45, 7) is 1.80. The standard InChI is InChI=1S/C14H11BrN2O3/c1-9-10(5-4-6-11(9)15)14(18)16-12-7-2-3-8-13(12)17(19)20/h2-8H,1H3,(H,16,18). The normalized spacial score (nSPS) is 10.1. The van der Waals surface area contributed by atoms with Gasteiger partial charge in [-0.25, -0.2) is 0 Å². The van der Waals surface area contributed by atoms with E-state index in [-0.39, 0.29) is 17.3 Å². The number of para-hydroxylation sites is 2. The summed E-state index contributed by atoms with van der Waals surface area (Å²) in [6.07, 6.45) is 0. The van der Waals surface area contributed by atoms with Gasteiger partial charge in [0.25, 0.3) is 11.6 Å². The number of nitrogens with one attached hydrogen (secondary N) is 1. The third-order valence-corrected chi connectivity index (χ3v) is 3.72. The Kier molecular flexibility index (Phi) is 4.14. The van der Waals surface area contributed by atoms with Crippen LogP contribution in [0.15, 0.2) is 46.9 Å². The van der Waals surface area contributed by atoms with Crippen molar-refractivity contribution in [3.05, 3.63) is 68.2 Å². The topological polar surface area (TPSA) is 72.2 Å². The van der Waals surface area contributed by atoms with Crippen molar-refractivity contribution in [2.24, 2.45) is 0 Å². The summed E-state index contributed by atoms with van der Waals surface area (Å²) in [5.41, 5.74) is 1.30. The van der Waals surface area contributed by atoms with Crippen molar-refractivity contribution in [3.8, 4) is 0 Å². The number of anilines is 1. The SMILES string of the molecule is Cc1c(Br)cccc1C(=O)Nc1ccccc1[N+](=O)[O-]. The minimum Gasteiger partial charge on any atom is -0.316 e. The van der Waals surface area contributed by atoms with Crippen LogP contribution >= 0.6 is 15.9 Å². The van der Waals surface area contributed by atoms with Crippen LogP contribution in [-0.2, 0) is 0 Å². The first-order valence-electron chi connectivity index (χ1n) is 5.80. The van der Waals surface area contributed by atoms with Gasteiger partial charge in [-0.1, -0.05) is 34.1 Å². The molecule has 0 bridgehead atoms. The molecule has 0 heterocycles. The van der Waals surface area contributed by atoms with Crippen LogP contribution in [0.4, 0.5) is 11.4 Å². The highest BCUT2D eigenvalue weighted by Gasteiger charge is 2.17. The molecule has 2 aromatic carbocycles. The fourth-order valence-electron chi connectivity index (χ4n) is 1.78. The first-order chi connectivity index (χ1) is 9.50. The van der Waals surface area contributed by atoms with Gasteiger partial charge in [-0.3, -0.25) is 14.9 Å². The lowest BCUT2D eigenvalue weighted by Crippen LogP contribution is -2.14. The summed E-state index contributed by atoms with van der Waals surface area (Å²) in [6, 6.07) is 11.3. The zero-order chi connectivity index (χ0) is 14.7. The van der Waals surface area contributed by atoms with Crippen LogP contribution in [0.25, 0.3) is 0 Å². The number of nitro groups is 1. The van der Waals surface area contributed by atoms with Crippen LogP contribution in [0.1, 0.15) is 15.9 Å². The van der Waals surface area contributed by atoms with Gasteiger partial charge in [0.05, 0.1) is 4.92 Å². The van der Waals surface area contributed by atoms with Gasteiger partial charge in [0.15, 0.2) is 0 Å². The molecule has 1 N–H and O–H groups in total. The van der Waals surface area contributed by atoms with Crippen molar-refractivity contribution in [1.29, 1.82) is 0 Å². The van der Waals surface area contributed by atoms with Crippen molar-refractivity contribution in [2.45, 2.75) is 6.92 Å². The molecule has 20 heavy (non-hydrogen) atoms. The van der Waals surface area contributed by atoms with Crippen LogP contribution < -0.4 is 5.32 Å². The molecule has 102 valence electrons. The number of carbonyl (C=O) groups excluding carboxylic acids is 1. The molecule has 2 rings (SSSR count). The first kappa shape index (κ1) is 14.2. The molecule has 0 radical (unpaired) electrons. The third kappa shape index (κ3) is 2.85. The molecular weight excluding hydrogens is 324 g/mol. The Morgan fingerprint density at radius 1 is 1.20 bits per heavy atom. The van der Waals surface area contributed by atoms with E-state index in [4.69, 9.17) is 0 Å². The van der Waals surface area contributed by atoms with E-state index in [2.05, 4.69) is 21.2 Å². The van der Waals surface area contributed by atoms with Crippen molar-refractivity contribution in [2.75, 3.05) is 5.32 Å². The number of benzene rings is 2. The maximum Gasteiger partial charge on any atom is 0.292 e. The zero-order valence-electron chi connectivity index (χ0n) is 10.6. The smallest absolute Gasteiger partial charge is 0.292 e. The Morgan fingerprint density at radius 2 is 1.90 bits per heavy atom. The second-order valence-corrected chi connectivity index (χ2v) is 5.00. The fourth-order valence-corrected chi connectivity index (χ4v) is 2.15. The minimum atomic E-state index is -0.524. The summed E-state index contributed by atoms with van der Waals surface area (Å²) < 4.78 is 0.813. The highest BCUT2D eigenvalue weighted by molar-refractivity contribution is 9.10. The molecule has 6 heteroatoms. The van der Waals surface area contributed by atoms with Gasteiger partial charge < -0.3 is 5.32 Å². The molecule has 2 aromatic rings. The number of halogens is 1. The Hall–Kier alpha value is -2.21. The molecule has 0 saturated carbocycles. The predicted molar refractivity (Wildman–Crippen MR) is 79.9 cm³/mol. The lowest BCUT2D eigenvalue weighted by molar-refractivity contribution is -0.383. The van der Waals surface area contributed by atoms with E-state index in [1.54, 1.807) is 31.2 Å². The van der Waals surface area contributed by atoms with Gasteiger partial charge in [0, 0.05) is 16.1 Å². The molecule has 0 aliphatic heterocycles. The largest absolute Gasteiger partial charge is 0.316 e. The van der Waals surface area contributed by atoms with Gasteiger partial charge in [0.2, 0.25) is 0 Å². The second kappa shape index (κ2) is 5.83. The van der Waals surface area contributed by atoms with Gasteiger partial charge in [-0.15, -0.1) is 0 Å². The molecule has 0 fully saturated rings. The first-order valence-corrected chi connectivity index (χ1v) is 6.60. The Labute approximate surface area is 123 Å². The predicted octanol–water partition coefficient (Wildman–Crippen LogP) is 3.92. The van der Waals surface area contributed by atoms with Crippen molar-refractivity contribution >= 4 is 33.2 Å². The van der Waals surface area contributed by atoms with E-state index in [0.29, 0.717) is 5.56 Å². The maximum absolute atomic E-state index is 12.2. The molecule has 1 amide bonds. The van der Waals surface area contributed by atoms with E-state index in [1.165, 1.54) is 12.1 Å². The van der Waals surface area contributed by atoms with Crippen molar-refractivity contribution in [1.82, 2.24) is 0 Å². The molecule has 0 aromatic heterocycles. The van der Waals surface area contributed by atoms with Crippen molar-refractivity contribution in [3.63, 3.8) is 0 Å². The maximum atomic E-state index is 12.2. The number of nitro benzene ring substituents is 1. The molecule has 0 aliphatic rings. The van der Waals surface area contributed by atoms with Gasteiger partial charge in [-0.05, 0) is 30.7 Å². The van der Waals surface area contributed by atoms with E-state index < -0.39 is 4.92 Å².